The zero-order valence-electron chi connectivity index (χ0n) is 10.9. The summed E-state index contributed by atoms with van der Waals surface area (Å²) in [6, 6.07) is 8.96. The molecule has 0 saturated heterocycles. The maximum Gasteiger partial charge on any atom is 0.146 e. The SMILES string of the molecule is CC1CCCC(C#N)(Nc2ccccc2F)C1C. The highest BCUT2D eigenvalue weighted by molar-refractivity contribution is 5.49. The van der Waals surface area contributed by atoms with E-state index in [1.807, 2.05) is 0 Å². The van der Waals surface area contributed by atoms with Gasteiger partial charge in [-0.2, -0.15) is 5.26 Å². The first-order valence-electron chi connectivity index (χ1n) is 6.53. The lowest BCUT2D eigenvalue weighted by Crippen LogP contribution is -2.48. The highest BCUT2D eigenvalue weighted by Gasteiger charge is 2.42. The lowest BCUT2D eigenvalue weighted by molar-refractivity contribution is 0.205. The monoisotopic (exact) mass is 246 g/mol. The molecule has 1 N–H and O–H groups in total. The second-order valence-corrected chi connectivity index (χ2v) is 5.35. The van der Waals surface area contributed by atoms with Crippen LogP contribution >= 0.6 is 0 Å². The van der Waals surface area contributed by atoms with Crippen LogP contribution in [0.2, 0.25) is 0 Å². The lowest BCUT2D eigenvalue weighted by atomic mass is 9.69. The number of hydrogen-bond acceptors (Lipinski definition) is 2. The largest absolute Gasteiger partial charge is 0.365 e. The molecular formula is C15H19FN2. The van der Waals surface area contributed by atoms with Gasteiger partial charge in [-0.05, 0) is 36.8 Å². The van der Waals surface area contributed by atoms with Crippen LogP contribution in [0, 0.1) is 29.0 Å². The second kappa shape index (κ2) is 4.97. The number of para-hydroxylation sites is 1. The summed E-state index contributed by atoms with van der Waals surface area (Å²) in [5.41, 5.74) is -0.208. The number of hydrogen-bond donors (Lipinski definition) is 1. The molecule has 0 aromatic heterocycles. The molecule has 2 rings (SSSR count). The minimum absolute atomic E-state index is 0.218. The van der Waals surface area contributed by atoms with Crippen LogP contribution in [-0.4, -0.2) is 5.54 Å². The van der Waals surface area contributed by atoms with Crippen molar-refractivity contribution in [1.82, 2.24) is 0 Å². The quantitative estimate of drug-likeness (QED) is 0.857. The molecule has 0 radical (unpaired) electrons. The fourth-order valence-corrected chi connectivity index (χ4v) is 2.83. The first-order valence-corrected chi connectivity index (χ1v) is 6.53. The number of benzene rings is 1. The van der Waals surface area contributed by atoms with Crippen molar-refractivity contribution in [3.8, 4) is 6.07 Å². The molecule has 1 aromatic rings. The third kappa shape index (κ3) is 2.20. The van der Waals surface area contributed by atoms with Gasteiger partial charge in [0.2, 0.25) is 0 Å². The van der Waals surface area contributed by atoms with Crippen molar-refractivity contribution < 1.29 is 4.39 Å². The Bertz CT molecular complexity index is 466. The van der Waals surface area contributed by atoms with Crippen molar-refractivity contribution in [2.45, 2.75) is 38.6 Å². The molecule has 0 amide bonds. The molecule has 1 aliphatic rings. The fraction of sp³-hybridized carbons (Fsp3) is 0.533. The summed E-state index contributed by atoms with van der Waals surface area (Å²) >= 11 is 0. The summed E-state index contributed by atoms with van der Waals surface area (Å²) in [5, 5.41) is 12.7. The molecule has 0 aliphatic heterocycles. The van der Waals surface area contributed by atoms with Crippen molar-refractivity contribution in [2.75, 3.05) is 5.32 Å². The molecule has 0 spiro atoms. The smallest absolute Gasteiger partial charge is 0.146 e. The third-order valence-electron chi connectivity index (χ3n) is 4.29. The first-order chi connectivity index (χ1) is 8.59. The maximum absolute atomic E-state index is 13.7. The van der Waals surface area contributed by atoms with Crippen molar-refractivity contribution in [3.63, 3.8) is 0 Å². The van der Waals surface area contributed by atoms with Gasteiger partial charge in [0.15, 0.2) is 0 Å². The molecule has 3 heteroatoms. The number of anilines is 1. The van der Waals surface area contributed by atoms with Crippen LogP contribution in [-0.2, 0) is 0 Å². The van der Waals surface area contributed by atoms with E-state index in [1.165, 1.54) is 6.07 Å². The van der Waals surface area contributed by atoms with Gasteiger partial charge in [-0.1, -0.05) is 32.4 Å². The van der Waals surface area contributed by atoms with Crippen molar-refractivity contribution in [1.29, 1.82) is 5.26 Å². The Balaban J connectivity index is 2.29. The predicted octanol–water partition coefficient (Wildman–Crippen LogP) is 3.96. The van der Waals surface area contributed by atoms with Gasteiger partial charge in [-0.15, -0.1) is 0 Å². The Morgan fingerprint density at radius 2 is 2.11 bits per heavy atom. The molecule has 1 saturated carbocycles. The zero-order valence-corrected chi connectivity index (χ0v) is 10.9. The standard InChI is InChI=1S/C15H19FN2/c1-11-6-5-9-15(10-17,12(11)2)18-14-8-4-3-7-13(14)16/h3-4,7-8,11-12,18H,5-6,9H2,1-2H3. The van der Waals surface area contributed by atoms with Gasteiger partial charge in [0, 0.05) is 0 Å². The molecule has 96 valence electrons. The van der Waals surface area contributed by atoms with Gasteiger partial charge >= 0.3 is 0 Å². The Labute approximate surface area is 108 Å². The highest BCUT2D eigenvalue weighted by Crippen LogP contribution is 2.39. The van der Waals surface area contributed by atoms with Crippen LogP contribution in [0.25, 0.3) is 0 Å². The lowest BCUT2D eigenvalue weighted by Gasteiger charge is -2.42. The zero-order chi connectivity index (χ0) is 13.2. The average molecular weight is 246 g/mol. The molecule has 2 nitrogen and oxygen atoms in total. The van der Waals surface area contributed by atoms with Gasteiger partial charge in [0.1, 0.15) is 11.4 Å². The summed E-state index contributed by atoms with van der Waals surface area (Å²) in [6.45, 7) is 4.25. The van der Waals surface area contributed by atoms with Gasteiger partial charge < -0.3 is 5.32 Å². The number of nitrogens with zero attached hydrogens (tertiary/aromatic N) is 1. The van der Waals surface area contributed by atoms with Crippen LogP contribution in [0.3, 0.4) is 0 Å². The maximum atomic E-state index is 13.7. The van der Waals surface area contributed by atoms with E-state index in [2.05, 4.69) is 25.2 Å². The second-order valence-electron chi connectivity index (χ2n) is 5.35. The van der Waals surface area contributed by atoms with Crippen LogP contribution in [0.5, 0.6) is 0 Å². The van der Waals surface area contributed by atoms with Crippen LogP contribution in [0.4, 0.5) is 10.1 Å². The highest BCUT2D eigenvalue weighted by atomic mass is 19.1. The summed E-state index contributed by atoms with van der Waals surface area (Å²) < 4.78 is 13.7. The minimum Gasteiger partial charge on any atom is -0.365 e. The Kier molecular flexibility index (Phi) is 3.56. The Morgan fingerprint density at radius 1 is 1.39 bits per heavy atom. The predicted molar refractivity (Wildman–Crippen MR) is 70.5 cm³/mol. The number of rotatable bonds is 2. The van der Waals surface area contributed by atoms with Crippen LogP contribution in [0.1, 0.15) is 33.1 Å². The van der Waals surface area contributed by atoms with Crippen molar-refractivity contribution in [2.24, 2.45) is 11.8 Å². The molecule has 0 bridgehead atoms. The van der Waals surface area contributed by atoms with Gasteiger partial charge in [-0.3, -0.25) is 0 Å². The van der Waals surface area contributed by atoms with E-state index >= 15 is 0 Å². The fourth-order valence-electron chi connectivity index (χ4n) is 2.83. The molecule has 1 aromatic carbocycles. The van der Waals surface area contributed by atoms with E-state index in [4.69, 9.17) is 0 Å². The normalized spacial score (nSPS) is 31.7. The van der Waals surface area contributed by atoms with E-state index in [0.29, 0.717) is 11.6 Å². The molecule has 1 aliphatic carbocycles. The van der Waals surface area contributed by atoms with Crippen molar-refractivity contribution in [3.05, 3.63) is 30.1 Å². The van der Waals surface area contributed by atoms with E-state index in [9.17, 15) is 9.65 Å². The van der Waals surface area contributed by atoms with E-state index in [-0.39, 0.29) is 11.7 Å². The number of halogens is 1. The topological polar surface area (TPSA) is 35.8 Å². The Morgan fingerprint density at radius 3 is 2.78 bits per heavy atom. The first kappa shape index (κ1) is 12.9. The number of nitriles is 1. The summed E-state index contributed by atoms with van der Waals surface area (Å²) in [7, 11) is 0. The van der Waals surface area contributed by atoms with Gasteiger partial charge in [-0.25, -0.2) is 4.39 Å². The molecule has 0 heterocycles. The van der Waals surface area contributed by atoms with Gasteiger partial charge in [0.25, 0.3) is 0 Å². The summed E-state index contributed by atoms with van der Waals surface area (Å²) in [4.78, 5) is 0. The molecular weight excluding hydrogens is 227 g/mol. The molecule has 3 atom stereocenters. The molecule has 18 heavy (non-hydrogen) atoms. The summed E-state index contributed by atoms with van der Waals surface area (Å²) in [6.07, 6.45) is 2.94. The number of nitrogens with one attached hydrogen (secondary N) is 1. The Hall–Kier alpha value is -1.56. The third-order valence-corrected chi connectivity index (χ3v) is 4.29. The van der Waals surface area contributed by atoms with Gasteiger partial charge in [0.05, 0.1) is 11.8 Å². The van der Waals surface area contributed by atoms with Crippen LogP contribution < -0.4 is 5.32 Å². The molecule has 1 fully saturated rings. The minimum atomic E-state index is -0.639. The van der Waals surface area contributed by atoms with E-state index in [0.717, 1.165) is 19.3 Å². The van der Waals surface area contributed by atoms with Crippen molar-refractivity contribution >= 4 is 5.69 Å². The molecule has 3 unspecified atom stereocenters. The average Bonchev–Trinajstić information content (AvgIpc) is 2.38. The summed E-state index contributed by atoms with van der Waals surface area (Å²) in [5.74, 6) is 0.408. The van der Waals surface area contributed by atoms with E-state index < -0.39 is 5.54 Å². The van der Waals surface area contributed by atoms with E-state index in [1.54, 1.807) is 18.2 Å². The van der Waals surface area contributed by atoms with Crippen LogP contribution in [0.15, 0.2) is 24.3 Å².